The van der Waals surface area contributed by atoms with Crippen LogP contribution in [0.15, 0.2) is 0 Å². The minimum atomic E-state index is -3.41. The summed E-state index contributed by atoms with van der Waals surface area (Å²) >= 11 is 0. The highest BCUT2D eigenvalue weighted by Crippen LogP contribution is 2.51. The lowest BCUT2D eigenvalue weighted by atomic mass is 9.91. The van der Waals surface area contributed by atoms with E-state index in [1.165, 1.54) is 44.9 Å². The monoisotopic (exact) mass is 350 g/mol. The molecular weight excluding hydrogens is 311 g/mol. The van der Waals surface area contributed by atoms with Crippen molar-refractivity contribution in [3.8, 4) is 0 Å². The lowest BCUT2D eigenvalue weighted by Gasteiger charge is -2.27. The summed E-state index contributed by atoms with van der Waals surface area (Å²) in [6.45, 7) is 10.7. The van der Waals surface area contributed by atoms with E-state index in [0.29, 0.717) is 19.1 Å². The largest absolute Gasteiger partial charge is 0.475 e. The first kappa shape index (κ1) is 23.1. The molecule has 140 valence electrons. The van der Waals surface area contributed by atoms with Gasteiger partial charge in [-0.3, -0.25) is 13.6 Å². The van der Waals surface area contributed by atoms with Crippen molar-refractivity contribution in [3.63, 3.8) is 0 Å². The molecule has 0 aromatic rings. The minimum Gasteiger partial charge on any atom is -0.287 e. The first-order chi connectivity index (χ1) is 11.0. The summed E-state index contributed by atoms with van der Waals surface area (Å²) in [6.07, 6.45) is 10.8. The smallest absolute Gasteiger partial charge is 0.287 e. The molecule has 0 fully saturated rings. The summed E-state index contributed by atoms with van der Waals surface area (Å²) in [5.41, 5.74) is 0. The molecule has 23 heavy (non-hydrogen) atoms. The number of hydrogen-bond donors (Lipinski definition) is 0. The molecule has 0 bridgehead atoms. The molecule has 0 aliphatic rings. The van der Waals surface area contributed by atoms with Crippen molar-refractivity contribution in [3.05, 3.63) is 0 Å². The zero-order valence-corrected chi connectivity index (χ0v) is 16.9. The average molecular weight is 350 g/mol. The van der Waals surface area contributed by atoms with E-state index in [-0.39, 0.29) is 6.10 Å². The Bertz CT molecular complexity index is 299. The predicted molar refractivity (Wildman–Crippen MR) is 97.8 cm³/mol. The minimum absolute atomic E-state index is 0.0996. The molecule has 2 atom stereocenters. The third kappa shape index (κ3) is 11.3. The molecule has 0 saturated carbocycles. The van der Waals surface area contributed by atoms with E-state index >= 15 is 0 Å². The summed E-state index contributed by atoms with van der Waals surface area (Å²) in [6, 6.07) is 0. The Labute approximate surface area is 144 Å². The van der Waals surface area contributed by atoms with Gasteiger partial charge in [0.2, 0.25) is 0 Å². The van der Waals surface area contributed by atoms with Gasteiger partial charge in [0.1, 0.15) is 0 Å². The molecule has 2 unspecified atom stereocenters. The van der Waals surface area contributed by atoms with Gasteiger partial charge < -0.3 is 0 Å². The second-order valence-electron chi connectivity index (χ2n) is 6.20. The van der Waals surface area contributed by atoms with Crippen LogP contribution in [-0.2, 0) is 18.1 Å². The van der Waals surface area contributed by atoms with E-state index < -0.39 is 7.82 Å². The third-order valence-electron chi connectivity index (χ3n) is 4.14. The van der Waals surface area contributed by atoms with Crippen LogP contribution in [0.4, 0.5) is 0 Å². The zero-order valence-electron chi connectivity index (χ0n) is 16.0. The molecule has 0 amide bonds. The van der Waals surface area contributed by atoms with Crippen LogP contribution in [0.3, 0.4) is 0 Å². The maximum atomic E-state index is 12.6. The number of rotatable bonds is 16. The van der Waals surface area contributed by atoms with Crippen LogP contribution in [0.1, 0.15) is 92.4 Å². The fraction of sp³-hybridized carbons (Fsp3) is 1.00. The van der Waals surface area contributed by atoms with Gasteiger partial charge >= 0.3 is 7.82 Å². The topological polar surface area (TPSA) is 44.8 Å². The van der Waals surface area contributed by atoms with E-state index in [0.717, 1.165) is 12.8 Å². The van der Waals surface area contributed by atoms with Crippen LogP contribution in [-0.4, -0.2) is 19.3 Å². The number of phosphoric acid groups is 1. The van der Waals surface area contributed by atoms with Gasteiger partial charge in [0, 0.05) is 0 Å². The van der Waals surface area contributed by atoms with Crippen molar-refractivity contribution in [1.29, 1.82) is 0 Å². The van der Waals surface area contributed by atoms with Crippen LogP contribution < -0.4 is 0 Å². The van der Waals surface area contributed by atoms with E-state index in [4.69, 9.17) is 13.6 Å². The first-order valence-electron chi connectivity index (χ1n) is 9.60. The van der Waals surface area contributed by atoms with Crippen molar-refractivity contribution < 1.29 is 18.1 Å². The lowest BCUT2D eigenvalue weighted by molar-refractivity contribution is 0.0577. The van der Waals surface area contributed by atoms with Crippen LogP contribution in [0.25, 0.3) is 0 Å². The summed E-state index contributed by atoms with van der Waals surface area (Å²) in [5.74, 6) is 0.424. The molecule has 0 aliphatic heterocycles. The van der Waals surface area contributed by atoms with Gasteiger partial charge in [0.15, 0.2) is 0 Å². The van der Waals surface area contributed by atoms with Crippen molar-refractivity contribution >= 4 is 7.82 Å². The van der Waals surface area contributed by atoms with Crippen LogP contribution in [0.5, 0.6) is 0 Å². The summed E-state index contributed by atoms with van der Waals surface area (Å²) in [5, 5.41) is 0. The molecule has 0 N–H and O–H groups in total. The van der Waals surface area contributed by atoms with Gasteiger partial charge in [-0.15, -0.1) is 0 Å². The molecule has 0 saturated heterocycles. The van der Waals surface area contributed by atoms with E-state index in [1.807, 2.05) is 20.8 Å². The Hall–Kier alpha value is 0.110. The van der Waals surface area contributed by atoms with Gasteiger partial charge in [-0.2, -0.15) is 0 Å². The van der Waals surface area contributed by atoms with Crippen molar-refractivity contribution in [1.82, 2.24) is 0 Å². The van der Waals surface area contributed by atoms with E-state index in [9.17, 15) is 4.57 Å². The normalized spacial score (nSPS) is 14.8. The second-order valence-corrected chi connectivity index (χ2v) is 7.82. The Morgan fingerprint density at radius 2 is 1.26 bits per heavy atom. The number of phosphoric ester groups is 1. The summed E-state index contributed by atoms with van der Waals surface area (Å²) < 4.78 is 28.9. The molecule has 0 aromatic heterocycles. The average Bonchev–Trinajstić information content (AvgIpc) is 2.50. The molecule has 5 heteroatoms. The Morgan fingerprint density at radius 3 is 1.74 bits per heavy atom. The second kappa shape index (κ2) is 14.5. The standard InChI is InChI=1S/C18H39O4P/c1-6-10-12-14-16-18(15-13-11-7-2)17(5)22-23(19,20-8-3)21-9-4/h17-18H,6-16H2,1-5H3. The SMILES string of the molecule is CCCCCCC(CCCCC)C(C)OP(=O)(OCC)OCC. The van der Waals surface area contributed by atoms with Crippen LogP contribution >= 0.6 is 7.82 Å². The molecule has 0 aromatic carbocycles. The maximum absolute atomic E-state index is 12.6. The molecule has 0 spiro atoms. The third-order valence-corrected chi connectivity index (χ3v) is 5.88. The highest BCUT2D eigenvalue weighted by Gasteiger charge is 2.31. The van der Waals surface area contributed by atoms with Gasteiger partial charge in [-0.25, -0.2) is 4.57 Å². The maximum Gasteiger partial charge on any atom is 0.475 e. The van der Waals surface area contributed by atoms with Gasteiger partial charge in [-0.1, -0.05) is 58.8 Å². The molecular formula is C18H39O4P. The fourth-order valence-corrected chi connectivity index (χ4v) is 4.22. The highest BCUT2D eigenvalue weighted by molar-refractivity contribution is 7.48. The zero-order chi connectivity index (χ0) is 17.6. The van der Waals surface area contributed by atoms with E-state index in [2.05, 4.69) is 13.8 Å². The van der Waals surface area contributed by atoms with Crippen molar-refractivity contribution in [2.24, 2.45) is 5.92 Å². The Kier molecular flexibility index (Phi) is 14.5. The number of unbranched alkanes of at least 4 members (excludes halogenated alkanes) is 5. The van der Waals surface area contributed by atoms with Gasteiger partial charge in [0.25, 0.3) is 0 Å². The molecule has 0 radical (unpaired) electrons. The predicted octanol–water partition coefficient (Wildman–Crippen LogP) is 6.74. The molecule has 0 aliphatic carbocycles. The van der Waals surface area contributed by atoms with E-state index in [1.54, 1.807) is 0 Å². The quantitative estimate of drug-likeness (QED) is 0.228. The van der Waals surface area contributed by atoms with Crippen LogP contribution in [0, 0.1) is 5.92 Å². The highest BCUT2D eigenvalue weighted by atomic mass is 31.2. The van der Waals surface area contributed by atoms with Gasteiger partial charge in [0.05, 0.1) is 19.3 Å². The summed E-state index contributed by atoms with van der Waals surface area (Å²) in [7, 11) is -3.41. The lowest BCUT2D eigenvalue weighted by Crippen LogP contribution is -2.21. The van der Waals surface area contributed by atoms with Gasteiger partial charge in [-0.05, 0) is 39.5 Å². The Balaban J connectivity index is 4.59. The van der Waals surface area contributed by atoms with Crippen molar-refractivity contribution in [2.45, 2.75) is 98.5 Å². The van der Waals surface area contributed by atoms with Crippen LogP contribution in [0.2, 0.25) is 0 Å². The number of hydrogen-bond acceptors (Lipinski definition) is 4. The molecule has 0 heterocycles. The fourth-order valence-electron chi connectivity index (χ4n) is 2.81. The first-order valence-corrected chi connectivity index (χ1v) is 11.1. The summed E-state index contributed by atoms with van der Waals surface area (Å²) in [4.78, 5) is 0. The molecule has 0 rings (SSSR count). The van der Waals surface area contributed by atoms with Crippen molar-refractivity contribution in [2.75, 3.05) is 13.2 Å². The Morgan fingerprint density at radius 1 is 0.783 bits per heavy atom. The molecule has 4 nitrogen and oxygen atoms in total.